The van der Waals surface area contributed by atoms with Gasteiger partial charge < -0.3 is 9.13 Å². The molecule has 0 aliphatic heterocycles. The van der Waals surface area contributed by atoms with Crippen molar-refractivity contribution in [3.8, 4) is 0 Å². The van der Waals surface area contributed by atoms with E-state index >= 15 is 0 Å². The molecule has 162 valence electrons. The fourth-order valence-electron chi connectivity index (χ4n) is 3.10. The molecule has 0 N–H and O–H groups in total. The number of alkyl halides is 3. The van der Waals surface area contributed by atoms with E-state index in [1.54, 1.807) is 10.6 Å². The normalized spacial score (nSPS) is 12.8. The highest BCUT2D eigenvalue weighted by atomic mass is 32.2. The molecule has 0 aliphatic rings. The maximum atomic E-state index is 13.0. The van der Waals surface area contributed by atoms with Crippen molar-refractivity contribution in [2.45, 2.75) is 37.5 Å². The number of pyridine rings is 1. The molecule has 0 saturated heterocycles. The Morgan fingerprint density at radius 3 is 2.43 bits per heavy atom. The van der Waals surface area contributed by atoms with Crippen molar-refractivity contribution in [2.24, 2.45) is 0 Å². The quantitative estimate of drug-likeness (QED) is 0.588. The minimum absolute atomic E-state index is 0.0592. The number of hydrogen-bond donors (Lipinski definition) is 0. The van der Waals surface area contributed by atoms with E-state index in [0.717, 1.165) is 27.2 Å². The molecule has 0 amide bonds. The van der Waals surface area contributed by atoms with E-state index in [9.17, 15) is 26.4 Å². The van der Waals surface area contributed by atoms with Crippen LogP contribution in [0.15, 0.2) is 46.2 Å². The predicted molar refractivity (Wildman–Crippen MR) is 106 cm³/mol. The number of fused-ring (bicyclic) bond motifs is 1. The summed E-state index contributed by atoms with van der Waals surface area (Å²) in [5.74, 6) is 0.368. The summed E-state index contributed by atoms with van der Waals surface area (Å²) in [4.78, 5) is 16.6. The maximum Gasteiger partial charge on any atom is 0.417 e. The third-order valence-corrected chi connectivity index (χ3v) is 6.46. The van der Waals surface area contributed by atoms with Gasteiger partial charge in [-0.05, 0) is 30.7 Å². The molecule has 11 heteroatoms. The minimum Gasteiger partial charge on any atom is -0.326 e. The first-order valence-electron chi connectivity index (χ1n) is 9.14. The zero-order valence-electron chi connectivity index (χ0n) is 16.6. The van der Waals surface area contributed by atoms with Crippen molar-refractivity contribution in [1.82, 2.24) is 18.4 Å². The third-order valence-electron chi connectivity index (χ3n) is 4.65. The summed E-state index contributed by atoms with van der Waals surface area (Å²) in [5.41, 5.74) is -0.487. The van der Waals surface area contributed by atoms with Gasteiger partial charge in [0.25, 0.3) is 5.56 Å². The number of sulfonamides is 1. The first-order chi connectivity index (χ1) is 13.9. The molecule has 3 rings (SSSR count). The molecule has 7 nitrogen and oxygen atoms in total. The number of aryl methyl sites for hydroxylation is 1. The number of benzene rings is 1. The van der Waals surface area contributed by atoms with Gasteiger partial charge in [0.05, 0.1) is 28.0 Å². The van der Waals surface area contributed by atoms with E-state index in [2.05, 4.69) is 4.98 Å². The van der Waals surface area contributed by atoms with Crippen molar-refractivity contribution < 1.29 is 21.6 Å². The molecule has 3 aromatic rings. The zero-order valence-corrected chi connectivity index (χ0v) is 17.5. The third kappa shape index (κ3) is 4.12. The average Bonchev–Trinajstić information content (AvgIpc) is 2.99. The standard InChI is InChI=1S/C19H21F3N4O3S/c1-4-9-26-16-7-6-14(30(28,29)24(2)3)10-15(16)23-17(26)12-25-11-13(19(20,21)22)5-8-18(25)27/h5-8,10-11H,4,9,12H2,1-3H3. The Balaban J connectivity index is 2.12. The lowest BCUT2D eigenvalue weighted by Crippen LogP contribution is -2.23. The molecule has 2 aromatic heterocycles. The fraction of sp³-hybridized carbons (Fsp3) is 0.368. The van der Waals surface area contributed by atoms with Gasteiger partial charge in [-0.2, -0.15) is 13.2 Å². The Kier molecular flexibility index (Phi) is 5.79. The molecular weight excluding hydrogens is 421 g/mol. The summed E-state index contributed by atoms with van der Waals surface area (Å²) in [6.45, 7) is 2.27. The topological polar surface area (TPSA) is 77.2 Å². The second kappa shape index (κ2) is 7.88. The Morgan fingerprint density at radius 1 is 1.13 bits per heavy atom. The van der Waals surface area contributed by atoms with Gasteiger partial charge in [0.2, 0.25) is 10.0 Å². The molecule has 0 fully saturated rings. The van der Waals surface area contributed by atoms with Gasteiger partial charge in [0.1, 0.15) is 5.82 Å². The van der Waals surface area contributed by atoms with Gasteiger partial charge >= 0.3 is 6.18 Å². The zero-order chi connectivity index (χ0) is 22.3. The summed E-state index contributed by atoms with van der Waals surface area (Å²) in [7, 11) is -0.833. The van der Waals surface area contributed by atoms with Crippen LogP contribution in [0.25, 0.3) is 11.0 Å². The van der Waals surface area contributed by atoms with Crippen LogP contribution in [-0.4, -0.2) is 40.9 Å². The van der Waals surface area contributed by atoms with Crippen LogP contribution in [-0.2, 0) is 29.3 Å². The number of imidazole rings is 1. The number of nitrogens with zero attached hydrogens (tertiary/aromatic N) is 4. The van der Waals surface area contributed by atoms with E-state index in [0.29, 0.717) is 29.8 Å². The first-order valence-corrected chi connectivity index (χ1v) is 10.6. The summed E-state index contributed by atoms with van der Waals surface area (Å²) in [6, 6.07) is 6.12. The van der Waals surface area contributed by atoms with Crippen molar-refractivity contribution in [1.29, 1.82) is 0 Å². The number of halogens is 3. The van der Waals surface area contributed by atoms with Crippen LogP contribution in [0.1, 0.15) is 24.7 Å². The lowest BCUT2D eigenvalue weighted by atomic mass is 10.2. The van der Waals surface area contributed by atoms with E-state index in [1.807, 2.05) is 6.92 Å². The molecule has 30 heavy (non-hydrogen) atoms. The molecule has 0 saturated carbocycles. The fourth-order valence-corrected chi connectivity index (χ4v) is 4.02. The molecule has 0 aliphatic carbocycles. The van der Waals surface area contributed by atoms with Crippen LogP contribution in [0.4, 0.5) is 13.2 Å². The Hall–Kier alpha value is -2.66. The van der Waals surface area contributed by atoms with Crippen LogP contribution >= 0.6 is 0 Å². The molecule has 0 radical (unpaired) electrons. The minimum atomic E-state index is -4.57. The summed E-state index contributed by atoms with van der Waals surface area (Å²) in [5, 5.41) is 0. The Morgan fingerprint density at radius 2 is 1.83 bits per heavy atom. The van der Waals surface area contributed by atoms with Gasteiger partial charge in [-0.25, -0.2) is 17.7 Å². The van der Waals surface area contributed by atoms with Crippen molar-refractivity contribution in [3.63, 3.8) is 0 Å². The van der Waals surface area contributed by atoms with Crippen LogP contribution in [0.5, 0.6) is 0 Å². The number of aromatic nitrogens is 3. The average molecular weight is 442 g/mol. The SMILES string of the molecule is CCCn1c(Cn2cc(C(F)(F)F)ccc2=O)nc2cc(S(=O)(=O)N(C)C)ccc21. The highest BCUT2D eigenvalue weighted by Crippen LogP contribution is 2.28. The second-order valence-corrected chi connectivity index (χ2v) is 9.15. The van der Waals surface area contributed by atoms with Crippen molar-refractivity contribution in [3.05, 3.63) is 58.3 Å². The molecular formula is C19H21F3N4O3S. The van der Waals surface area contributed by atoms with Crippen molar-refractivity contribution in [2.75, 3.05) is 14.1 Å². The first kappa shape index (κ1) is 22.0. The van der Waals surface area contributed by atoms with Crippen LogP contribution in [0.2, 0.25) is 0 Å². The summed E-state index contributed by atoms with van der Waals surface area (Å²) >= 11 is 0. The van der Waals surface area contributed by atoms with Gasteiger partial charge in [-0.15, -0.1) is 0 Å². The summed E-state index contributed by atoms with van der Waals surface area (Å²) < 4.78 is 67.7. The van der Waals surface area contributed by atoms with Crippen LogP contribution in [0.3, 0.4) is 0 Å². The highest BCUT2D eigenvalue weighted by molar-refractivity contribution is 7.89. The lowest BCUT2D eigenvalue weighted by molar-refractivity contribution is -0.138. The monoisotopic (exact) mass is 442 g/mol. The molecule has 2 heterocycles. The Bertz CT molecular complexity index is 1240. The largest absolute Gasteiger partial charge is 0.417 e. The second-order valence-electron chi connectivity index (χ2n) is 7.00. The van der Waals surface area contributed by atoms with E-state index in [-0.39, 0.29) is 11.4 Å². The molecule has 0 bridgehead atoms. The smallest absolute Gasteiger partial charge is 0.326 e. The van der Waals surface area contributed by atoms with Gasteiger partial charge in [-0.3, -0.25) is 4.79 Å². The maximum absolute atomic E-state index is 13.0. The van der Waals surface area contributed by atoms with Gasteiger partial charge in [0, 0.05) is 32.9 Å². The number of rotatable bonds is 6. The van der Waals surface area contributed by atoms with E-state index < -0.39 is 27.3 Å². The molecule has 0 atom stereocenters. The predicted octanol–water partition coefficient (Wildman–Crippen LogP) is 2.93. The van der Waals surface area contributed by atoms with Gasteiger partial charge in [-0.1, -0.05) is 6.92 Å². The van der Waals surface area contributed by atoms with Crippen molar-refractivity contribution >= 4 is 21.1 Å². The summed E-state index contributed by atoms with van der Waals surface area (Å²) in [6.07, 6.45) is -3.10. The van der Waals surface area contributed by atoms with E-state index in [1.165, 1.54) is 26.2 Å². The Labute approximate surface area is 171 Å². The molecule has 1 aromatic carbocycles. The lowest BCUT2D eigenvalue weighted by Gasteiger charge is -2.12. The molecule has 0 spiro atoms. The van der Waals surface area contributed by atoms with Gasteiger partial charge in [0.15, 0.2) is 0 Å². The molecule has 0 unspecified atom stereocenters. The number of hydrogen-bond acceptors (Lipinski definition) is 4. The van der Waals surface area contributed by atoms with E-state index in [4.69, 9.17) is 0 Å². The van der Waals surface area contributed by atoms with Crippen LogP contribution in [0, 0.1) is 0 Å². The highest BCUT2D eigenvalue weighted by Gasteiger charge is 2.31. The van der Waals surface area contributed by atoms with Crippen LogP contribution < -0.4 is 5.56 Å².